The minimum atomic E-state index is -4.76. The van der Waals surface area contributed by atoms with E-state index in [0.717, 1.165) is 10.9 Å². The summed E-state index contributed by atoms with van der Waals surface area (Å²) in [6.45, 7) is 7.02. The third kappa shape index (κ3) is 4.82. The summed E-state index contributed by atoms with van der Waals surface area (Å²) in [7, 11) is 0. The minimum absolute atomic E-state index is 0.0254. The number of alkyl halides is 3. The highest BCUT2D eigenvalue weighted by molar-refractivity contribution is 5.95. The number of para-hydroxylation sites is 1. The number of carbonyl (C=O) groups is 2. The van der Waals surface area contributed by atoms with Crippen LogP contribution in [-0.4, -0.2) is 69.8 Å². The molecule has 0 aliphatic carbocycles. The van der Waals surface area contributed by atoms with Gasteiger partial charge in [0.1, 0.15) is 0 Å². The van der Waals surface area contributed by atoms with Gasteiger partial charge in [0.15, 0.2) is 5.69 Å². The maximum absolute atomic E-state index is 14.0. The molecule has 0 radical (unpaired) electrons. The lowest BCUT2D eigenvalue weighted by molar-refractivity contribution is -0.148. The van der Waals surface area contributed by atoms with Gasteiger partial charge in [-0.1, -0.05) is 18.2 Å². The number of piperidine rings is 1. The number of hydrogen-bond acceptors (Lipinski definition) is 4. The van der Waals surface area contributed by atoms with Gasteiger partial charge in [0, 0.05) is 32.1 Å². The number of ether oxygens (including phenoxy) is 1. The number of carbonyl (C=O) groups excluding carboxylic acids is 2. The molecule has 2 amide bonds. The Morgan fingerprint density at radius 1 is 1.03 bits per heavy atom. The summed E-state index contributed by atoms with van der Waals surface area (Å²) in [5.41, 5.74) is -0.675. The fourth-order valence-electron chi connectivity index (χ4n) is 4.88. The van der Waals surface area contributed by atoms with Crippen LogP contribution >= 0.6 is 0 Å². The first kappa shape index (κ1) is 24.3. The molecule has 34 heavy (non-hydrogen) atoms. The summed E-state index contributed by atoms with van der Waals surface area (Å²) in [5, 5.41) is 3.92. The van der Waals surface area contributed by atoms with Crippen LogP contribution in [0.2, 0.25) is 0 Å². The number of hydrogen-bond donors (Lipinski definition) is 0. The topological polar surface area (TPSA) is 67.7 Å². The van der Waals surface area contributed by atoms with Crippen LogP contribution in [0.3, 0.4) is 0 Å². The molecule has 4 rings (SSSR count). The number of halogens is 3. The van der Waals surface area contributed by atoms with Gasteiger partial charge in [-0.15, -0.1) is 0 Å². The molecule has 2 fully saturated rings. The van der Waals surface area contributed by atoms with E-state index >= 15 is 0 Å². The summed E-state index contributed by atoms with van der Waals surface area (Å²) in [4.78, 5) is 29.3. The molecular weight excluding hydrogens is 449 g/mol. The van der Waals surface area contributed by atoms with E-state index in [4.69, 9.17) is 4.74 Å². The van der Waals surface area contributed by atoms with E-state index in [1.54, 1.807) is 30.0 Å². The molecule has 10 heteroatoms. The van der Waals surface area contributed by atoms with Crippen LogP contribution < -0.4 is 0 Å². The maximum atomic E-state index is 14.0. The molecule has 1 aromatic heterocycles. The van der Waals surface area contributed by atoms with Crippen molar-refractivity contribution in [1.82, 2.24) is 19.6 Å². The number of amides is 2. The van der Waals surface area contributed by atoms with E-state index in [1.165, 1.54) is 11.0 Å². The van der Waals surface area contributed by atoms with Crippen molar-refractivity contribution >= 4 is 11.8 Å². The zero-order valence-corrected chi connectivity index (χ0v) is 19.5. The van der Waals surface area contributed by atoms with Gasteiger partial charge in [-0.25, -0.2) is 4.68 Å². The maximum Gasteiger partial charge on any atom is 0.434 e. The molecule has 0 saturated carbocycles. The first-order valence-corrected chi connectivity index (χ1v) is 11.5. The van der Waals surface area contributed by atoms with Gasteiger partial charge < -0.3 is 14.5 Å². The van der Waals surface area contributed by atoms with E-state index in [1.807, 2.05) is 13.8 Å². The van der Waals surface area contributed by atoms with Crippen molar-refractivity contribution in [3.05, 3.63) is 47.3 Å². The lowest BCUT2D eigenvalue weighted by atomic mass is 9.94. The lowest BCUT2D eigenvalue weighted by Crippen LogP contribution is -2.51. The van der Waals surface area contributed by atoms with Gasteiger partial charge in [0.2, 0.25) is 5.91 Å². The highest BCUT2D eigenvalue weighted by atomic mass is 19.4. The van der Waals surface area contributed by atoms with Crippen LogP contribution in [0, 0.1) is 12.8 Å². The molecule has 184 valence electrons. The molecule has 2 aromatic rings. The standard InChI is InChI=1S/C24H29F3N4O3/c1-15-6-4-5-7-20(15)31-21(24(25,26)27)19(12-28-31)23(33)29-10-8-18(9-11-29)22(32)30-13-16(2)34-17(3)14-30/h4-7,12,16-18H,8-11,13-14H2,1-3H3. The van der Waals surface area contributed by atoms with E-state index in [2.05, 4.69) is 5.10 Å². The number of aromatic nitrogens is 2. The van der Waals surface area contributed by atoms with Crippen LogP contribution in [0.1, 0.15) is 48.3 Å². The van der Waals surface area contributed by atoms with Crippen molar-refractivity contribution in [2.75, 3.05) is 26.2 Å². The highest BCUT2D eigenvalue weighted by Gasteiger charge is 2.42. The number of likely N-dealkylation sites (tertiary alicyclic amines) is 1. The summed E-state index contributed by atoms with van der Waals surface area (Å²) >= 11 is 0. The molecule has 2 aliphatic rings. The summed E-state index contributed by atoms with van der Waals surface area (Å²) in [6.07, 6.45) is -3.02. The Morgan fingerprint density at radius 2 is 1.65 bits per heavy atom. The smallest absolute Gasteiger partial charge is 0.372 e. The van der Waals surface area contributed by atoms with E-state index in [9.17, 15) is 22.8 Å². The average molecular weight is 479 g/mol. The van der Waals surface area contributed by atoms with E-state index < -0.39 is 23.3 Å². The molecule has 2 aliphatic heterocycles. The molecule has 3 heterocycles. The monoisotopic (exact) mass is 478 g/mol. The van der Waals surface area contributed by atoms with Gasteiger partial charge in [-0.3, -0.25) is 9.59 Å². The molecule has 7 nitrogen and oxygen atoms in total. The van der Waals surface area contributed by atoms with Gasteiger partial charge in [0.25, 0.3) is 5.91 Å². The normalized spacial score (nSPS) is 22.2. The Kier molecular flexibility index (Phi) is 6.71. The van der Waals surface area contributed by atoms with Crippen molar-refractivity contribution in [2.45, 2.75) is 52.0 Å². The average Bonchev–Trinajstić information content (AvgIpc) is 3.23. The van der Waals surface area contributed by atoms with Crippen molar-refractivity contribution in [3.8, 4) is 5.69 Å². The number of morpholine rings is 1. The van der Waals surface area contributed by atoms with Crippen LogP contribution in [0.15, 0.2) is 30.5 Å². The van der Waals surface area contributed by atoms with Gasteiger partial charge >= 0.3 is 6.18 Å². The molecule has 2 unspecified atom stereocenters. The Bertz CT molecular complexity index is 1050. The number of aryl methyl sites for hydroxylation is 1. The summed E-state index contributed by atoms with van der Waals surface area (Å²) in [5.74, 6) is -0.942. The second-order valence-corrected chi connectivity index (χ2v) is 9.17. The minimum Gasteiger partial charge on any atom is -0.372 e. The highest BCUT2D eigenvalue weighted by Crippen LogP contribution is 2.35. The Balaban J connectivity index is 1.49. The van der Waals surface area contributed by atoms with Crippen LogP contribution in [-0.2, 0) is 15.7 Å². The molecule has 1 aromatic carbocycles. The number of rotatable bonds is 3. The zero-order chi connectivity index (χ0) is 24.6. The second-order valence-electron chi connectivity index (χ2n) is 9.17. The number of benzene rings is 1. The van der Waals surface area contributed by atoms with Crippen molar-refractivity contribution < 1.29 is 27.5 Å². The van der Waals surface area contributed by atoms with Crippen molar-refractivity contribution in [3.63, 3.8) is 0 Å². The first-order chi connectivity index (χ1) is 16.1. The summed E-state index contributed by atoms with van der Waals surface area (Å²) < 4.78 is 48.6. The van der Waals surface area contributed by atoms with E-state index in [-0.39, 0.29) is 42.8 Å². The lowest BCUT2D eigenvalue weighted by Gasteiger charge is -2.39. The summed E-state index contributed by atoms with van der Waals surface area (Å²) in [6, 6.07) is 6.58. The predicted molar refractivity (Wildman–Crippen MR) is 119 cm³/mol. The number of nitrogens with zero attached hydrogens (tertiary/aromatic N) is 4. The van der Waals surface area contributed by atoms with Crippen molar-refractivity contribution in [2.24, 2.45) is 5.92 Å². The van der Waals surface area contributed by atoms with Crippen LogP contribution in [0.5, 0.6) is 0 Å². The predicted octanol–water partition coefficient (Wildman–Crippen LogP) is 3.69. The molecule has 2 saturated heterocycles. The van der Waals surface area contributed by atoms with Crippen LogP contribution in [0.25, 0.3) is 5.69 Å². The third-order valence-corrected chi connectivity index (χ3v) is 6.47. The molecule has 0 N–H and O–H groups in total. The fourth-order valence-corrected chi connectivity index (χ4v) is 4.88. The SMILES string of the molecule is Cc1ccccc1-n1ncc(C(=O)N2CCC(C(=O)N3CC(C)OC(C)C3)CC2)c1C(F)(F)F. The van der Waals surface area contributed by atoms with E-state index in [0.29, 0.717) is 31.5 Å². The Morgan fingerprint density at radius 3 is 2.24 bits per heavy atom. The Hall–Kier alpha value is -2.88. The van der Waals surface area contributed by atoms with Crippen molar-refractivity contribution in [1.29, 1.82) is 0 Å². The molecule has 0 spiro atoms. The van der Waals surface area contributed by atoms with Gasteiger partial charge in [-0.2, -0.15) is 18.3 Å². The fraction of sp³-hybridized carbons (Fsp3) is 0.542. The third-order valence-electron chi connectivity index (χ3n) is 6.47. The van der Waals surface area contributed by atoms with Gasteiger partial charge in [-0.05, 0) is 45.2 Å². The molecular formula is C24H29F3N4O3. The quantitative estimate of drug-likeness (QED) is 0.675. The van der Waals surface area contributed by atoms with Crippen LogP contribution in [0.4, 0.5) is 13.2 Å². The molecule has 0 bridgehead atoms. The van der Waals surface area contributed by atoms with Gasteiger partial charge in [0.05, 0.1) is 29.7 Å². The molecule has 2 atom stereocenters. The Labute approximate surface area is 196 Å². The second kappa shape index (κ2) is 9.40. The largest absolute Gasteiger partial charge is 0.434 e. The first-order valence-electron chi connectivity index (χ1n) is 11.5. The zero-order valence-electron chi connectivity index (χ0n) is 19.5.